The molecule has 4 nitrogen and oxygen atoms in total. The van der Waals surface area contributed by atoms with E-state index in [1.54, 1.807) is 0 Å². The lowest BCUT2D eigenvalue weighted by molar-refractivity contribution is 0.0686. The molecule has 1 aromatic rings. The number of carbonyl (C=O) groups is 1. The number of hydrogen-bond donors (Lipinski definition) is 1. The van der Waals surface area contributed by atoms with Gasteiger partial charge in [-0.05, 0) is 37.2 Å². The number of piperazine rings is 1. The lowest BCUT2D eigenvalue weighted by atomic mass is 10.1. The summed E-state index contributed by atoms with van der Waals surface area (Å²) in [6.07, 6.45) is 0. The number of halogens is 1. The van der Waals surface area contributed by atoms with E-state index < -0.39 is 5.97 Å². The fraction of sp³-hybridized carbons (Fsp3) is 0.533. The molecular weight excluding hydrogens is 259 g/mol. The lowest BCUT2D eigenvalue weighted by Crippen LogP contribution is -2.51. The molecule has 0 aromatic heterocycles. The van der Waals surface area contributed by atoms with E-state index in [9.17, 15) is 9.18 Å². The van der Waals surface area contributed by atoms with Crippen molar-refractivity contribution in [3.8, 4) is 0 Å². The maximum atomic E-state index is 13.3. The summed E-state index contributed by atoms with van der Waals surface area (Å²) in [5, 5.41) is 9.17. The molecule has 1 aliphatic heterocycles. The molecule has 0 spiro atoms. The molecule has 1 aliphatic rings. The summed E-state index contributed by atoms with van der Waals surface area (Å²) in [6, 6.07) is 4.32. The molecule has 1 saturated heterocycles. The Hall–Kier alpha value is -1.46. The van der Waals surface area contributed by atoms with Crippen LogP contribution in [0.4, 0.5) is 4.39 Å². The molecule has 0 bridgehead atoms. The zero-order valence-electron chi connectivity index (χ0n) is 12.0. The minimum atomic E-state index is -1.000. The molecule has 0 radical (unpaired) electrons. The quantitative estimate of drug-likeness (QED) is 0.916. The van der Waals surface area contributed by atoms with Crippen LogP contribution in [0, 0.1) is 5.82 Å². The van der Waals surface area contributed by atoms with E-state index in [0.717, 1.165) is 26.2 Å². The highest BCUT2D eigenvalue weighted by molar-refractivity contribution is 5.89. The van der Waals surface area contributed by atoms with Gasteiger partial charge in [0.05, 0.1) is 5.56 Å². The Morgan fingerprint density at radius 2 is 2.20 bits per heavy atom. The van der Waals surface area contributed by atoms with Gasteiger partial charge in [-0.2, -0.15) is 0 Å². The topological polar surface area (TPSA) is 43.8 Å². The largest absolute Gasteiger partial charge is 0.478 e. The van der Waals surface area contributed by atoms with Crippen LogP contribution in [-0.4, -0.2) is 53.1 Å². The molecule has 1 heterocycles. The molecule has 0 saturated carbocycles. The Labute approximate surface area is 118 Å². The van der Waals surface area contributed by atoms with Crippen molar-refractivity contribution < 1.29 is 14.3 Å². The van der Waals surface area contributed by atoms with E-state index in [-0.39, 0.29) is 11.4 Å². The first-order valence-electron chi connectivity index (χ1n) is 6.99. The Bertz CT molecular complexity index is 493. The molecule has 20 heavy (non-hydrogen) atoms. The molecule has 1 N–H and O–H groups in total. The van der Waals surface area contributed by atoms with E-state index in [1.165, 1.54) is 18.2 Å². The zero-order chi connectivity index (χ0) is 14.7. The SMILES string of the molecule is CCN1CCN(Cc2cc(F)ccc2C(=O)O)CC1C. The van der Waals surface area contributed by atoms with Gasteiger partial charge in [-0.15, -0.1) is 0 Å². The van der Waals surface area contributed by atoms with Gasteiger partial charge >= 0.3 is 5.97 Å². The average molecular weight is 280 g/mol. The lowest BCUT2D eigenvalue weighted by Gasteiger charge is -2.39. The fourth-order valence-electron chi connectivity index (χ4n) is 2.83. The van der Waals surface area contributed by atoms with Crippen molar-refractivity contribution in [1.82, 2.24) is 9.80 Å². The Kier molecular flexibility index (Phi) is 4.73. The smallest absolute Gasteiger partial charge is 0.336 e. The summed E-state index contributed by atoms with van der Waals surface area (Å²) in [4.78, 5) is 15.8. The molecule has 1 aromatic carbocycles. The van der Waals surface area contributed by atoms with Gasteiger partial charge in [-0.1, -0.05) is 6.92 Å². The van der Waals surface area contributed by atoms with E-state index >= 15 is 0 Å². The summed E-state index contributed by atoms with van der Waals surface area (Å²) in [6.45, 7) is 8.55. The standard InChI is InChI=1S/C15H21FN2O2/c1-3-18-7-6-17(9-11(18)2)10-12-8-13(16)4-5-14(12)15(19)20/h4-5,8,11H,3,6-7,9-10H2,1-2H3,(H,19,20). The van der Waals surface area contributed by atoms with Crippen molar-refractivity contribution in [3.63, 3.8) is 0 Å². The summed E-state index contributed by atoms with van der Waals surface area (Å²) in [7, 11) is 0. The van der Waals surface area contributed by atoms with E-state index in [1.807, 2.05) is 0 Å². The number of benzene rings is 1. The van der Waals surface area contributed by atoms with Gasteiger partial charge in [0, 0.05) is 32.2 Å². The first-order valence-corrected chi connectivity index (χ1v) is 6.99. The van der Waals surface area contributed by atoms with E-state index in [4.69, 9.17) is 5.11 Å². The van der Waals surface area contributed by atoms with Crippen molar-refractivity contribution in [2.75, 3.05) is 26.2 Å². The monoisotopic (exact) mass is 280 g/mol. The van der Waals surface area contributed by atoms with Gasteiger partial charge in [-0.3, -0.25) is 9.80 Å². The van der Waals surface area contributed by atoms with Crippen LogP contribution < -0.4 is 0 Å². The molecule has 0 aliphatic carbocycles. The molecule has 2 rings (SSSR count). The number of carboxylic acids is 1. The third-order valence-electron chi connectivity index (χ3n) is 3.95. The van der Waals surface area contributed by atoms with Gasteiger partial charge in [-0.25, -0.2) is 9.18 Å². The van der Waals surface area contributed by atoms with Crippen molar-refractivity contribution in [2.24, 2.45) is 0 Å². The highest BCUT2D eigenvalue weighted by atomic mass is 19.1. The normalized spacial score (nSPS) is 21.1. The van der Waals surface area contributed by atoms with Crippen molar-refractivity contribution in [2.45, 2.75) is 26.4 Å². The summed E-state index contributed by atoms with van der Waals surface area (Å²) in [5.41, 5.74) is 0.742. The third kappa shape index (κ3) is 3.35. The van der Waals surface area contributed by atoms with Crippen LogP contribution in [0.3, 0.4) is 0 Å². The Morgan fingerprint density at radius 3 is 2.80 bits per heavy atom. The van der Waals surface area contributed by atoms with Crippen LogP contribution >= 0.6 is 0 Å². The fourth-order valence-corrected chi connectivity index (χ4v) is 2.83. The number of rotatable bonds is 4. The maximum Gasteiger partial charge on any atom is 0.336 e. The molecule has 1 atom stereocenters. The minimum absolute atomic E-state index is 0.192. The predicted molar refractivity (Wildman–Crippen MR) is 75.3 cm³/mol. The average Bonchev–Trinajstić information content (AvgIpc) is 2.38. The number of nitrogens with zero attached hydrogens (tertiary/aromatic N) is 2. The summed E-state index contributed by atoms with van der Waals surface area (Å²) < 4.78 is 13.3. The van der Waals surface area contributed by atoms with Crippen LogP contribution in [-0.2, 0) is 6.54 Å². The second kappa shape index (κ2) is 6.33. The summed E-state index contributed by atoms with van der Waals surface area (Å²) >= 11 is 0. The number of likely N-dealkylation sites (N-methyl/N-ethyl adjacent to an activating group) is 1. The first-order chi connectivity index (χ1) is 9.51. The van der Waals surface area contributed by atoms with Gasteiger partial charge < -0.3 is 5.11 Å². The highest BCUT2D eigenvalue weighted by Gasteiger charge is 2.23. The van der Waals surface area contributed by atoms with E-state index in [2.05, 4.69) is 23.6 Å². The van der Waals surface area contributed by atoms with Crippen LogP contribution in [0.2, 0.25) is 0 Å². The highest BCUT2D eigenvalue weighted by Crippen LogP contribution is 2.17. The molecular formula is C15H21FN2O2. The second-order valence-corrected chi connectivity index (χ2v) is 5.32. The number of aromatic carboxylic acids is 1. The van der Waals surface area contributed by atoms with Gasteiger partial charge in [0.2, 0.25) is 0 Å². The van der Waals surface area contributed by atoms with Crippen LogP contribution in [0.5, 0.6) is 0 Å². The first kappa shape index (κ1) is 14.9. The van der Waals surface area contributed by atoms with Crippen LogP contribution in [0.15, 0.2) is 18.2 Å². The van der Waals surface area contributed by atoms with E-state index in [0.29, 0.717) is 18.2 Å². The van der Waals surface area contributed by atoms with Crippen LogP contribution in [0.1, 0.15) is 29.8 Å². The molecule has 1 unspecified atom stereocenters. The number of hydrogen-bond acceptors (Lipinski definition) is 3. The molecule has 5 heteroatoms. The molecule has 0 amide bonds. The van der Waals surface area contributed by atoms with Crippen LogP contribution in [0.25, 0.3) is 0 Å². The van der Waals surface area contributed by atoms with Crippen molar-refractivity contribution in [3.05, 3.63) is 35.1 Å². The van der Waals surface area contributed by atoms with Gasteiger partial charge in [0.1, 0.15) is 5.82 Å². The minimum Gasteiger partial charge on any atom is -0.478 e. The Balaban J connectivity index is 2.11. The van der Waals surface area contributed by atoms with Crippen molar-refractivity contribution >= 4 is 5.97 Å². The summed E-state index contributed by atoms with van der Waals surface area (Å²) in [5.74, 6) is -1.38. The Morgan fingerprint density at radius 1 is 1.45 bits per heavy atom. The van der Waals surface area contributed by atoms with Gasteiger partial charge in [0.25, 0.3) is 0 Å². The third-order valence-corrected chi connectivity index (χ3v) is 3.95. The predicted octanol–water partition coefficient (Wildman–Crippen LogP) is 2.05. The molecule has 110 valence electrons. The number of carboxylic acid groups (broad SMARTS) is 1. The molecule has 1 fully saturated rings. The van der Waals surface area contributed by atoms with Crippen molar-refractivity contribution in [1.29, 1.82) is 0 Å². The maximum absolute atomic E-state index is 13.3. The van der Waals surface area contributed by atoms with Gasteiger partial charge in [0.15, 0.2) is 0 Å². The second-order valence-electron chi connectivity index (χ2n) is 5.32. The zero-order valence-corrected chi connectivity index (χ0v) is 12.0.